The van der Waals surface area contributed by atoms with E-state index in [1.54, 1.807) is 30.5 Å². The number of sulfone groups is 1. The van der Waals surface area contributed by atoms with Crippen LogP contribution in [0.3, 0.4) is 0 Å². The SMILES string of the molecule is CCNC(=NCC(c1ccco1)N1CCCC1)NC(CC)CS(=O)(=O)c1ccccc1. The van der Waals surface area contributed by atoms with E-state index in [0.29, 0.717) is 30.4 Å². The Bertz CT molecular complexity index is 908. The third-order valence-corrected chi connectivity index (χ3v) is 7.41. The summed E-state index contributed by atoms with van der Waals surface area (Å²) in [5.41, 5.74) is 0. The van der Waals surface area contributed by atoms with E-state index >= 15 is 0 Å². The Morgan fingerprint density at radius 3 is 2.48 bits per heavy atom. The number of rotatable bonds is 10. The van der Waals surface area contributed by atoms with E-state index < -0.39 is 9.84 Å². The van der Waals surface area contributed by atoms with Crippen LogP contribution in [0.15, 0.2) is 63.0 Å². The first-order valence-electron chi connectivity index (χ1n) is 11.1. The zero-order valence-corrected chi connectivity index (χ0v) is 19.3. The van der Waals surface area contributed by atoms with Gasteiger partial charge in [0, 0.05) is 12.6 Å². The molecule has 1 aromatic heterocycles. The van der Waals surface area contributed by atoms with Crippen molar-refractivity contribution in [1.82, 2.24) is 15.5 Å². The van der Waals surface area contributed by atoms with Gasteiger partial charge in [-0.1, -0.05) is 25.1 Å². The average Bonchev–Trinajstić information content (AvgIpc) is 3.49. The Balaban J connectivity index is 1.71. The summed E-state index contributed by atoms with van der Waals surface area (Å²) in [5, 5.41) is 6.59. The van der Waals surface area contributed by atoms with Crippen molar-refractivity contribution in [1.29, 1.82) is 0 Å². The number of likely N-dealkylation sites (tertiary alicyclic amines) is 1. The lowest BCUT2D eigenvalue weighted by atomic mass is 10.2. The van der Waals surface area contributed by atoms with Crippen molar-refractivity contribution >= 4 is 15.8 Å². The Kier molecular flexibility index (Phi) is 8.54. The molecule has 0 radical (unpaired) electrons. The molecule has 0 amide bonds. The van der Waals surface area contributed by atoms with E-state index in [9.17, 15) is 8.42 Å². The molecule has 0 aliphatic carbocycles. The second-order valence-corrected chi connectivity index (χ2v) is 9.87. The second kappa shape index (κ2) is 11.3. The number of nitrogens with one attached hydrogen (secondary N) is 2. The highest BCUT2D eigenvalue weighted by atomic mass is 32.2. The summed E-state index contributed by atoms with van der Waals surface area (Å²) in [6, 6.07) is 12.4. The number of hydrogen-bond acceptors (Lipinski definition) is 5. The van der Waals surface area contributed by atoms with Gasteiger partial charge in [0.25, 0.3) is 0 Å². The van der Waals surface area contributed by atoms with Gasteiger partial charge in [-0.15, -0.1) is 0 Å². The number of furan rings is 1. The number of aliphatic imine (C=N–C) groups is 1. The first kappa shape index (κ1) is 23.3. The van der Waals surface area contributed by atoms with Gasteiger partial charge in [-0.05, 0) is 63.5 Å². The number of nitrogens with zero attached hydrogens (tertiary/aromatic N) is 2. The van der Waals surface area contributed by atoms with Crippen molar-refractivity contribution < 1.29 is 12.8 Å². The van der Waals surface area contributed by atoms with Gasteiger partial charge in [-0.2, -0.15) is 0 Å². The maximum atomic E-state index is 12.8. The molecule has 2 heterocycles. The standard InChI is InChI=1S/C23H34N4O3S/c1-3-19(18-31(28,29)20-11-6-5-7-12-20)26-23(24-4-2)25-17-21(22-13-10-16-30-22)27-14-8-9-15-27/h5-7,10-13,16,19,21H,3-4,8-9,14-15,17-18H2,1-2H3,(H2,24,25,26). The summed E-state index contributed by atoms with van der Waals surface area (Å²) in [6.07, 6.45) is 4.75. The fourth-order valence-corrected chi connectivity index (χ4v) is 5.47. The fourth-order valence-electron chi connectivity index (χ4n) is 3.86. The molecule has 1 aliphatic rings. The van der Waals surface area contributed by atoms with E-state index in [-0.39, 0.29) is 17.8 Å². The van der Waals surface area contributed by atoms with E-state index in [1.807, 2.05) is 32.0 Å². The van der Waals surface area contributed by atoms with E-state index in [2.05, 4.69) is 15.5 Å². The van der Waals surface area contributed by atoms with Crippen LogP contribution in [0.5, 0.6) is 0 Å². The summed E-state index contributed by atoms with van der Waals surface area (Å²) in [6.45, 7) is 7.31. The van der Waals surface area contributed by atoms with Crippen LogP contribution in [0.1, 0.15) is 44.9 Å². The van der Waals surface area contributed by atoms with Gasteiger partial charge < -0.3 is 15.1 Å². The number of hydrogen-bond donors (Lipinski definition) is 2. The van der Waals surface area contributed by atoms with Crippen LogP contribution in [-0.4, -0.2) is 57.3 Å². The minimum absolute atomic E-state index is 0.0195. The van der Waals surface area contributed by atoms with Crippen LogP contribution in [0.2, 0.25) is 0 Å². The molecule has 8 heteroatoms. The van der Waals surface area contributed by atoms with E-state index in [0.717, 1.165) is 18.8 Å². The highest BCUT2D eigenvalue weighted by Crippen LogP contribution is 2.25. The third-order valence-electron chi connectivity index (χ3n) is 5.58. The molecule has 0 spiro atoms. The molecule has 0 saturated carbocycles. The minimum Gasteiger partial charge on any atom is -0.468 e. The van der Waals surface area contributed by atoms with Gasteiger partial charge in [0.2, 0.25) is 0 Å². The van der Waals surface area contributed by atoms with Gasteiger partial charge in [0.15, 0.2) is 15.8 Å². The first-order valence-corrected chi connectivity index (χ1v) is 12.8. The average molecular weight is 447 g/mol. The lowest BCUT2D eigenvalue weighted by Crippen LogP contribution is -2.46. The third kappa shape index (κ3) is 6.58. The van der Waals surface area contributed by atoms with Crippen molar-refractivity contribution in [3.63, 3.8) is 0 Å². The first-order chi connectivity index (χ1) is 15.0. The lowest BCUT2D eigenvalue weighted by Gasteiger charge is -2.25. The molecule has 2 N–H and O–H groups in total. The van der Waals surface area contributed by atoms with Crippen molar-refractivity contribution in [3.8, 4) is 0 Å². The van der Waals surface area contributed by atoms with Gasteiger partial charge >= 0.3 is 0 Å². The maximum Gasteiger partial charge on any atom is 0.191 e. The van der Waals surface area contributed by atoms with Gasteiger partial charge in [-0.3, -0.25) is 9.89 Å². The van der Waals surface area contributed by atoms with Gasteiger partial charge in [0.1, 0.15) is 5.76 Å². The van der Waals surface area contributed by atoms with Crippen LogP contribution >= 0.6 is 0 Å². The molecule has 2 atom stereocenters. The molecule has 0 bridgehead atoms. The molecule has 2 aromatic rings. The van der Waals surface area contributed by atoms with Gasteiger partial charge in [-0.25, -0.2) is 8.42 Å². The zero-order valence-electron chi connectivity index (χ0n) is 18.5. The second-order valence-electron chi connectivity index (χ2n) is 7.84. The van der Waals surface area contributed by atoms with Crippen LogP contribution in [0, 0.1) is 0 Å². The Morgan fingerprint density at radius 2 is 1.87 bits per heavy atom. The van der Waals surface area contributed by atoms with Crippen molar-refractivity contribution in [2.75, 3.05) is 31.9 Å². The molecular formula is C23H34N4O3S. The molecule has 7 nitrogen and oxygen atoms in total. The van der Waals surface area contributed by atoms with Crippen LogP contribution < -0.4 is 10.6 Å². The Hall–Kier alpha value is -2.32. The Labute approximate surface area is 185 Å². The smallest absolute Gasteiger partial charge is 0.191 e. The lowest BCUT2D eigenvalue weighted by molar-refractivity contribution is 0.221. The van der Waals surface area contributed by atoms with Crippen LogP contribution in [0.25, 0.3) is 0 Å². The molecule has 1 fully saturated rings. The van der Waals surface area contributed by atoms with Gasteiger partial charge in [0.05, 0.1) is 29.5 Å². The van der Waals surface area contributed by atoms with E-state index in [4.69, 9.17) is 9.41 Å². The summed E-state index contributed by atoms with van der Waals surface area (Å²) in [5.74, 6) is 1.57. The highest BCUT2D eigenvalue weighted by Gasteiger charge is 2.26. The van der Waals surface area contributed by atoms with Crippen molar-refractivity contribution in [2.24, 2.45) is 4.99 Å². The molecule has 1 saturated heterocycles. The van der Waals surface area contributed by atoms with Crippen molar-refractivity contribution in [3.05, 3.63) is 54.5 Å². The largest absolute Gasteiger partial charge is 0.468 e. The van der Waals surface area contributed by atoms with E-state index in [1.165, 1.54) is 12.8 Å². The molecule has 31 heavy (non-hydrogen) atoms. The Morgan fingerprint density at radius 1 is 1.13 bits per heavy atom. The summed E-state index contributed by atoms with van der Waals surface area (Å²) < 4.78 is 31.3. The van der Waals surface area contributed by atoms with Crippen molar-refractivity contribution in [2.45, 2.75) is 50.1 Å². The summed E-state index contributed by atoms with van der Waals surface area (Å²) in [7, 11) is -3.38. The molecular weight excluding hydrogens is 412 g/mol. The van der Waals surface area contributed by atoms with Crippen LogP contribution in [0.4, 0.5) is 0 Å². The highest BCUT2D eigenvalue weighted by molar-refractivity contribution is 7.91. The molecule has 2 unspecified atom stereocenters. The zero-order chi connectivity index (χ0) is 22.1. The number of guanidine groups is 1. The molecule has 1 aromatic carbocycles. The molecule has 170 valence electrons. The predicted octanol–water partition coefficient (Wildman–Crippen LogP) is 3.22. The quantitative estimate of drug-likeness (QED) is 0.430. The fraction of sp³-hybridized carbons (Fsp3) is 0.522. The van der Waals surface area contributed by atoms with Crippen LogP contribution in [-0.2, 0) is 9.84 Å². The topological polar surface area (TPSA) is 86.9 Å². The summed E-state index contributed by atoms with van der Waals surface area (Å²) >= 11 is 0. The molecule has 1 aliphatic heterocycles. The minimum atomic E-state index is -3.38. The predicted molar refractivity (Wildman–Crippen MR) is 124 cm³/mol. The number of benzene rings is 1. The molecule has 3 rings (SSSR count). The monoisotopic (exact) mass is 446 g/mol. The normalized spacial score (nSPS) is 17.4. The summed E-state index contributed by atoms with van der Waals surface area (Å²) in [4.78, 5) is 7.56. The maximum absolute atomic E-state index is 12.8.